The number of carbonyl (C=O) groups is 1. The lowest BCUT2D eigenvalue weighted by Gasteiger charge is -2.32. The maximum absolute atomic E-state index is 10.5. The predicted octanol–water partition coefficient (Wildman–Crippen LogP) is 1.26. The third kappa shape index (κ3) is 2.46. The largest absolute Gasteiger partial charge is 0.327 e. The van der Waals surface area contributed by atoms with Crippen molar-refractivity contribution in [1.82, 2.24) is 0 Å². The molecule has 0 saturated heterocycles. The molecule has 62 valence electrons. The van der Waals surface area contributed by atoms with E-state index < -0.39 is 0 Å². The van der Waals surface area contributed by atoms with Crippen LogP contribution in [-0.2, 0) is 4.79 Å². The first kappa shape index (κ1) is 8.47. The lowest BCUT2D eigenvalue weighted by atomic mass is 9.78. The maximum atomic E-state index is 10.5. The van der Waals surface area contributed by atoms with Crippen LogP contribution >= 0.6 is 0 Å². The summed E-state index contributed by atoms with van der Waals surface area (Å²) >= 11 is 0. The van der Waals surface area contributed by atoms with Gasteiger partial charge in [-0.25, -0.2) is 0 Å². The third-order valence-electron chi connectivity index (χ3n) is 2.27. The summed E-state index contributed by atoms with van der Waals surface area (Å²) in [6.07, 6.45) is 6.92. The molecule has 1 rings (SSSR count). The molecule has 0 aromatic carbocycles. The molecule has 1 saturated carbocycles. The third-order valence-corrected chi connectivity index (χ3v) is 2.27. The van der Waals surface area contributed by atoms with E-state index in [1.807, 2.05) is 6.08 Å². The molecule has 11 heavy (non-hydrogen) atoms. The number of allylic oxidation sites excluding steroid dienone is 2. The van der Waals surface area contributed by atoms with Crippen molar-refractivity contribution in [2.75, 3.05) is 0 Å². The molecule has 0 bridgehead atoms. The Morgan fingerprint density at radius 1 is 1.64 bits per heavy atom. The zero-order chi connectivity index (χ0) is 8.27. The molecule has 2 unspecified atom stereocenters. The van der Waals surface area contributed by atoms with Crippen LogP contribution in [0.5, 0.6) is 0 Å². The van der Waals surface area contributed by atoms with E-state index in [4.69, 9.17) is 5.73 Å². The molecule has 1 aliphatic carbocycles. The highest BCUT2D eigenvalue weighted by Crippen LogP contribution is 2.28. The summed E-state index contributed by atoms with van der Waals surface area (Å²) in [4.78, 5) is 10.5. The molecule has 0 radical (unpaired) electrons. The van der Waals surface area contributed by atoms with Gasteiger partial charge in [0.25, 0.3) is 0 Å². The Balaban J connectivity index is 2.16. The molecule has 0 aliphatic heterocycles. The SMILES string of the molecule is CC(=O)C=CCC1CCC1N. The molecule has 0 amide bonds. The van der Waals surface area contributed by atoms with Crippen LogP contribution in [0.25, 0.3) is 0 Å². The number of hydrogen-bond donors (Lipinski definition) is 1. The molecule has 0 spiro atoms. The van der Waals surface area contributed by atoms with Crippen LogP contribution < -0.4 is 5.73 Å². The Hall–Kier alpha value is -0.630. The fourth-order valence-corrected chi connectivity index (χ4v) is 1.30. The Morgan fingerprint density at radius 3 is 2.73 bits per heavy atom. The van der Waals surface area contributed by atoms with Gasteiger partial charge in [0.1, 0.15) is 0 Å². The molecule has 1 fully saturated rings. The Bertz CT molecular complexity index is 174. The second-order valence-electron chi connectivity index (χ2n) is 3.25. The summed E-state index contributed by atoms with van der Waals surface area (Å²) in [5, 5.41) is 0. The van der Waals surface area contributed by atoms with Crippen LogP contribution in [0.4, 0.5) is 0 Å². The van der Waals surface area contributed by atoms with Crippen LogP contribution in [0.1, 0.15) is 26.2 Å². The molecule has 0 aromatic rings. The molecular formula is C9H15NO. The molecule has 2 atom stereocenters. The van der Waals surface area contributed by atoms with Crippen LogP contribution in [0, 0.1) is 5.92 Å². The summed E-state index contributed by atoms with van der Waals surface area (Å²) < 4.78 is 0. The summed E-state index contributed by atoms with van der Waals surface area (Å²) in [6.45, 7) is 1.57. The van der Waals surface area contributed by atoms with Gasteiger partial charge in [-0.2, -0.15) is 0 Å². The van der Waals surface area contributed by atoms with Gasteiger partial charge in [0.2, 0.25) is 0 Å². The predicted molar refractivity (Wildman–Crippen MR) is 45.1 cm³/mol. The van der Waals surface area contributed by atoms with E-state index in [1.165, 1.54) is 6.42 Å². The number of rotatable bonds is 3. The van der Waals surface area contributed by atoms with Gasteiger partial charge in [-0.05, 0) is 38.2 Å². The monoisotopic (exact) mass is 153 g/mol. The van der Waals surface area contributed by atoms with Crippen molar-refractivity contribution < 1.29 is 4.79 Å². The van der Waals surface area contributed by atoms with Gasteiger partial charge in [-0.3, -0.25) is 4.79 Å². The molecule has 2 heteroatoms. The molecule has 1 aliphatic rings. The fourth-order valence-electron chi connectivity index (χ4n) is 1.30. The first-order valence-corrected chi connectivity index (χ1v) is 4.13. The molecule has 0 aromatic heterocycles. The molecule has 0 heterocycles. The van der Waals surface area contributed by atoms with Crippen molar-refractivity contribution >= 4 is 5.78 Å². The van der Waals surface area contributed by atoms with Crippen molar-refractivity contribution in [2.45, 2.75) is 32.2 Å². The van der Waals surface area contributed by atoms with Crippen molar-refractivity contribution in [1.29, 1.82) is 0 Å². The normalized spacial score (nSPS) is 30.4. The van der Waals surface area contributed by atoms with Gasteiger partial charge in [0.15, 0.2) is 5.78 Å². The van der Waals surface area contributed by atoms with E-state index in [1.54, 1.807) is 13.0 Å². The van der Waals surface area contributed by atoms with Crippen LogP contribution in [-0.4, -0.2) is 11.8 Å². The van der Waals surface area contributed by atoms with E-state index in [-0.39, 0.29) is 5.78 Å². The number of carbonyl (C=O) groups excluding carboxylic acids is 1. The number of nitrogens with two attached hydrogens (primary N) is 1. The van der Waals surface area contributed by atoms with E-state index in [0.29, 0.717) is 12.0 Å². The van der Waals surface area contributed by atoms with E-state index >= 15 is 0 Å². The van der Waals surface area contributed by atoms with Gasteiger partial charge in [0.05, 0.1) is 0 Å². The van der Waals surface area contributed by atoms with E-state index in [9.17, 15) is 4.79 Å². The Kier molecular flexibility index (Phi) is 2.83. The van der Waals surface area contributed by atoms with Crippen molar-refractivity contribution in [3.8, 4) is 0 Å². The van der Waals surface area contributed by atoms with Gasteiger partial charge in [0, 0.05) is 6.04 Å². The molecule has 2 N–H and O–H groups in total. The van der Waals surface area contributed by atoms with Gasteiger partial charge in [-0.15, -0.1) is 0 Å². The van der Waals surface area contributed by atoms with Crippen LogP contribution in [0.3, 0.4) is 0 Å². The number of hydrogen-bond acceptors (Lipinski definition) is 2. The second-order valence-corrected chi connectivity index (χ2v) is 3.25. The van der Waals surface area contributed by atoms with Gasteiger partial charge in [-0.1, -0.05) is 6.08 Å². The summed E-state index contributed by atoms with van der Waals surface area (Å²) in [7, 11) is 0. The van der Waals surface area contributed by atoms with Gasteiger partial charge >= 0.3 is 0 Å². The van der Waals surface area contributed by atoms with Crippen molar-refractivity contribution in [2.24, 2.45) is 11.7 Å². The van der Waals surface area contributed by atoms with Crippen molar-refractivity contribution in [3.05, 3.63) is 12.2 Å². The zero-order valence-corrected chi connectivity index (χ0v) is 6.92. The lowest BCUT2D eigenvalue weighted by molar-refractivity contribution is -0.112. The first-order chi connectivity index (χ1) is 5.20. The minimum atomic E-state index is 0.123. The minimum Gasteiger partial charge on any atom is -0.327 e. The maximum Gasteiger partial charge on any atom is 0.152 e. The highest BCUT2D eigenvalue weighted by Gasteiger charge is 2.25. The van der Waals surface area contributed by atoms with Crippen molar-refractivity contribution in [3.63, 3.8) is 0 Å². The average molecular weight is 153 g/mol. The summed E-state index contributed by atoms with van der Waals surface area (Å²) in [5.41, 5.74) is 5.72. The smallest absolute Gasteiger partial charge is 0.152 e. The first-order valence-electron chi connectivity index (χ1n) is 4.13. The lowest BCUT2D eigenvalue weighted by Crippen LogP contribution is -2.38. The number of ketones is 1. The second kappa shape index (κ2) is 3.67. The molecule has 2 nitrogen and oxygen atoms in total. The van der Waals surface area contributed by atoms with Crippen LogP contribution in [0.15, 0.2) is 12.2 Å². The highest BCUT2D eigenvalue weighted by atomic mass is 16.1. The van der Waals surface area contributed by atoms with E-state index in [0.717, 1.165) is 12.8 Å². The summed E-state index contributed by atoms with van der Waals surface area (Å²) in [5.74, 6) is 0.753. The Morgan fingerprint density at radius 2 is 2.36 bits per heavy atom. The minimum absolute atomic E-state index is 0.123. The topological polar surface area (TPSA) is 43.1 Å². The zero-order valence-electron chi connectivity index (χ0n) is 6.92. The standard InChI is InChI=1S/C9H15NO/c1-7(11)3-2-4-8-5-6-9(8)10/h2-3,8-9H,4-6,10H2,1H3. The van der Waals surface area contributed by atoms with E-state index in [2.05, 4.69) is 0 Å². The quantitative estimate of drug-likeness (QED) is 0.620. The molecular weight excluding hydrogens is 138 g/mol. The summed E-state index contributed by atoms with van der Waals surface area (Å²) in [6, 6.07) is 0.381. The average Bonchev–Trinajstić information content (AvgIpc) is 1.94. The van der Waals surface area contributed by atoms with Crippen LogP contribution in [0.2, 0.25) is 0 Å². The highest BCUT2D eigenvalue weighted by molar-refractivity contribution is 5.87. The fraction of sp³-hybridized carbons (Fsp3) is 0.667. The van der Waals surface area contributed by atoms with Gasteiger partial charge < -0.3 is 5.73 Å². The Labute approximate surface area is 67.5 Å².